The van der Waals surface area contributed by atoms with Gasteiger partial charge in [-0.15, -0.1) is 0 Å². The number of hydrogen-bond donors (Lipinski definition) is 1. The number of aromatic amines is 1. The number of imide groups is 1. The highest BCUT2D eigenvalue weighted by molar-refractivity contribution is 5.98. The third-order valence-electron chi connectivity index (χ3n) is 2.90. The fourth-order valence-corrected chi connectivity index (χ4v) is 2.03. The predicted molar refractivity (Wildman–Crippen MR) is 59.8 cm³/mol. The van der Waals surface area contributed by atoms with E-state index < -0.39 is 0 Å². The van der Waals surface area contributed by atoms with Crippen LogP contribution in [0.4, 0.5) is 0 Å². The molecule has 1 aliphatic rings. The summed E-state index contributed by atoms with van der Waals surface area (Å²) in [6.45, 7) is 4.26. The average molecular weight is 236 g/mol. The van der Waals surface area contributed by atoms with Gasteiger partial charge >= 0.3 is 0 Å². The highest BCUT2D eigenvalue weighted by Crippen LogP contribution is 2.31. The van der Waals surface area contributed by atoms with Gasteiger partial charge in [0.2, 0.25) is 11.8 Å². The summed E-state index contributed by atoms with van der Waals surface area (Å²) in [5.41, 5.74) is -0.211. The van der Waals surface area contributed by atoms with Gasteiger partial charge < -0.3 is 0 Å². The third kappa shape index (κ3) is 2.69. The molecule has 6 heteroatoms. The van der Waals surface area contributed by atoms with E-state index in [0.717, 1.165) is 0 Å². The van der Waals surface area contributed by atoms with Gasteiger partial charge in [0.25, 0.3) is 0 Å². The third-order valence-corrected chi connectivity index (χ3v) is 2.90. The van der Waals surface area contributed by atoms with Crippen LogP contribution in [-0.4, -0.2) is 38.4 Å². The standard InChI is InChI=1S/C11H16N4O2/c1-11(2)5-9(16)15(10(17)6-11)4-3-8-12-7-13-14-8/h7H,3-6H2,1-2H3,(H,12,13,14). The Labute approximate surface area is 99.4 Å². The quantitative estimate of drug-likeness (QED) is 0.776. The minimum absolute atomic E-state index is 0.0919. The zero-order valence-electron chi connectivity index (χ0n) is 10.1. The van der Waals surface area contributed by atoms with Crippen LogP contribution < -0.4 is 0 Å². The Kier molecular flexibility index (Phi) is 2.95. The Hall–Kier alpha value is -1.72. The smallest absolute Gasteiger partial charge is 0.229 e. The topological polar surface area (TPSA) is 79.0 Å². The van der Waals surface area contributed by atoms with Crippen molar-refractivity contribution < 1.29 is 9.59 Å². The molecule has 0 radical (unpaired) electrons. The van der Waals surface area contributed by atoms with Crippen LogP contribution in [0.25, 0.3) is 0 Å². The van der Waals surface area contributed by atoms with E-state index in [1.54, 1.807) is 0 Å². The molecule has 0 saturated carbocycles. The molecule has 1 saturated heterocycles. The molecular formula is C11H16N4O2. The molecule has 2 rings (SSSR count). The van der Waals surface area contributed by atoms with Gasteiger partial charge in [-0.25, -0.2) is 4.98 Å². The minimum atomic E-state index is -0.211. The van der Waals surface area contributed by atoms with Crippen molar-refractivity contribution in [2.75, 3.05) is 6.54 Å². The summed E-state index contributed by atoms with van der Waals surface area (Å²) in [6, 6.07) is 0. The highest BCUT2D eigenvalue weighted by Gasteiger charge is 2.36. The molecule has 0 spiro atoms. The van der Waals surface area contributed by atoms with Gasteiger partial charge in [0, 0.05) is 25.8 Å². The van der Waals surface area contributed by atoms with Gasteiger partial charge in [-0.1, -0.05) is 13.8 Å². The molecule has 6 nitrogen and oxygen atoms in total. The SMILES string of the molecule is CC1(C)CC(=O)N(CCc2ncn[nH]2)C(=O)C1. The van der Waals surface area contributed by atoms with E-state index in [9.17, 15) is 9.59 Å². The molecule has 17 heavy (non-hydrogen) atoms. The predicted octanol–water partition coefficient (Wildman–Crippen LogP) is 0.522. The number of likely N-dealkylation sites (tertiary alicyclic amines) is 1. The normalized spacial score (nSPS) is 19.8. The first-order valence-electron chi connectivity index (χ1n) is 5.65. The monoisotopic (exact) mass is 236 g/mol. The van der Waals surface area contributed by atoms with Crippen LogP contribution >= 0.6 is 0 Å². The number of amides is 2. The Morgan fingerprint density at radius 3 is 2.53 bits per heavy atom. The van der Waals surface area contributed by atoms with Crippen molar-refractivity contribution in [1.82, 2.24) is 20.1 Å². The van der Waals surface area contributed by atoms with Crippen LogP contribution in [0.1, 0.15) is 32.5 Å². The molecule has 0 atom stereocenters. The zero-order chi connectivity index (χ0) is 12.5. The highest BCUT2D eigenvalue weighted by atomic mass is 16.2. The number of carbonyl (C=O) groups is 2. The first kappa shape index (κ1) is 11.8. The van der Waals surface area contributed by atoms with Crippen molar-refractivity contribution in [3.63, 3.8) is 0 Å². The number of nitrogens with one attached hydrogen (secondary N) is 1. The first-order chi connectivity index (χ1) is 7.98. The van der Waals surface area contributed by atoms with E-state index in [1.807, 2.05) is 13.8 Å². The second-order valence-electron chi connectivity index (χ2n) is 5.14. The first-order valence-corrected chi connectivity index (χ1v) is 5.65. The van der Waals surface area contributed by atoms with Crippen LogP contribution in [0.5, 0.6) is 0 Å². The van der Waals surface area contributed by atoms with E-state index >= 15 is 0 Å². The summed E-state index contributed by atoms with van der Waals surface area (Å²) < 4.78 is 0. The fourth-order valence-electron chi connectivity index (χ4n) is 2.03. The van der Waals surface area contributed by atoms with Gasteiger partial charge in [0.1, 0.15) is 12.2 Å². The number of nitrogens with zero attached hydrogens (tertiary/aromatic N) is 3. The number of piperidine rings is 1. The molecule has 0 bridgehead atoms. The molecule has 2 heterocycles. The minimum Gasteiger partial charge on any atom is -0.282 e. The van der Waals surface area contributed by atoms with Crippen LogP contribution in [0, 0.1) is 5.41 Å². The summed E-state index contributed by atoms with van der Waals surface area (Å²) in [5.74, 6) is 0.506. The van der Waals surface area contributed by atoms with Gasteiger partial charge in [-0.3, -0.25) is 19.6 Å². The van der Waals surface area contributed by atoms with Crippen molar-refractivity contribution in [3.05, 3.63) is 12.2 Å². The maximum atomic E-state index is 11.8. The van der Waals surface area contributed by atoms with Crippen molar-refractivity contribution in [1.29, 1.82) is 0 Å². The summed E-state index contributed by atoms with van der Waals surface area (Å²) in [4.78, 5) is 29.0. The Morgan fingerprint density at radius 1 is 1.35 bits per heavy atom. The largest absolute Gasteiger partial charge is 0.282 e. The van der Waals surface area contributed by atoms with Crippen molar-refractivity contribution >= 4 is 11.8 Å². The lowest BCUT2D eigenvalue weighted by atomic mass is 9.82. The van der Waals surface area contributed by atoms with Gasteiger partial charge in [-0.05, 0) is 5.41 Å². The van der Waals surface area contributed by atoms with E-state index in [-0.39, 0.29) is 17.2 Å². The second kappa shape index (κ2) is 4.27. The number of aromatic nitrogens is 3. The van der Waals surface area contributed by atoms with E-state index in [4.69, 9.17) is 0 Å². The maximum absolute atomic E-state index is 11.8. The van der Waals surface area contributed by atoms with Crippen molar-refractivity contribution in [3.8, 4) is 0 Å². The van der Waals surface area contributed by atoms with E-state index in [0.29, 0.717) is 31.6 Å². The number of carbonyl (C=O) groups excluding carboxylic acids is 2. The number of hydrogen-bond acceptors (Lipinski definition) is 4. The molecule has 1 N–H and O–H groups in total. The molecule has 1 aromatic heterocycles. The van der Waals surface area contributed by atoms with Gasteiger partial charge in [0.05, 0.1) is 0 Å². The summed E-state index contributed by atoms with van der Waals surface area (Å²) in [6.07, 6.45) is 2.79. The molecular weight excluding hydrogens is 220 g/mol. The Morgan fingerprint density at radius 2 is 2.00 bits per heavy atom. The molecule has 92 valence electrons. The Bertz CT molecular complexity index is 405. The summed E-state index contributed by atoms with van der Waals surface area (Å²) >= 11 is 0. The van der Waals surface area contributed by atoms with E-state index in [2.05, 4.69) is 15.2 Å². The lowest BCUT2D eigenvalue weighted by Gasteiger charge is -2.34. The van der Waals surface area contributed by atoms with Crippen LogP contribution in [0.2, 0.25) is 0 Å². The van der Waals surface area contributed by atoms with Crippen LogP contribution in [-0.2, 0) is 16.0 Å². The summed E-state index contributed by atoms with van der Waals surface area (Å²) in [5, 5.41) is 6.43. The van der Waals surface area contributed by atoms with Gasteiger partial charge in [-0.2, -0.15) is 5.10 Å². The number of rotatable bonds is 3. The zero-order valence-corrected chi connectivity index (χ0v) is 10.1. The molecule has 1 aromatic rings. The lowest BCUT2D eigenvalue weighted by molar-refractivity contribution is -0.152. The van der Waals surface area contributed by atoms with Crippen LogP contribution in [0.15, 0.2) is 6.33 Å². The van der Waals surface area contributed by atoms with Crippen LogP contribution in [0.3, 0.4) is 0 Å². The average Bonchev–Trinajstić information content (AvgIpc) is 2.67. The van der Waals surface area contributed by atoms with Crippen molar-refractivity contribution in [2.24, 2.45) is 5.41 Å². The Balaban J connectivity index is 1.97. The lowest BCUT2D eigenvalue weighted by Crippen LogP contribution is -2.46. The molecule has 1 aliphatic heterocycles. The molecule has 0 aromatic carbocycles. The second-order valence-corrected chi connectivity index (χ2v) is 5.14. The molecule has 2 amide bonds. The molecule has 0 aliphatic carbocycles. The molecule has 1 fully saturated rings. The maximum Gasteiger partial charge on any atom is 0.229 e. The molecule has 0 unspecified atom stereocenters. The van der Waals surface area contributed by atoms with Gasteiger partial charge in [0.15, 0.2) is 0 Å². The fraction of sp³-hybridized carbons (Fsp3) is 0.636. The number of H-pyrrole nitrogens is 1. The van der Waals surface area contributed by atoms with E-state index in [1.165, 1.54) is 11.2 Å². The van der Waals surface area contributed by atoms with Crippen molar-refractivity contribution in [2.45, 2.75) is 33.1 Å². The summed E-state index contributed by atoms with van der Waals surface area (Å²) in [7, 11) is 0.